The van der Waals surface area contributed by atoms with Gasteiger partial charge in [0.2, 0.25) is 0 Å². The van der Waals surface area contributed by atoms with Crippen molar-refractivity contribution in [3.05, 3.63) is 0 Å². The molecule has 4 heteroatoms. The Bertz CT molecular complexity index is 234. The Labute approximate surface area is 96.7 Å². The molecule has 2 rings (SSSR count). The van der Waals surface area contributed by atoms with E-state index in [2.05, 4.69) is 29.3 Å². The zero-order valence-electron chi connectivity index (χ0n) is 9.70. The highest BCUT2D eigenvalue weighted by atomic mass is 32.2. The van der Waals surface area contributed by atoms with Crippen LogP contribution in [-0.2, 0) is 0 Å². The summed E-state index contributed by atoms with van der Waals surface area (Å²) in [5, 5.41) is 4.13. The molecule has 0 aromatic rings. The van der Waals surface area contributed by atoms with Gasteiger partial charge in [-0.2, -0.15) is 0 Å². The van der Waals surface area contributed by atoms with Crippen LogP contribution in [0.3, 0.4) is 0 Å². The quantitative estimate of drug-likeness (QED) is 0.783. The number of aliphatic imine (C=N–C) groups is 1. The van der Waals surface area contributed by atoms with Crippen molar-refractivity contribution < 1.29 is 0 Å². The summed E-state index contributed by atoms with van der Waals surface area (Å²) in [4.78, 5) is 4.56. The zero-order valence-corrected chi connectivity index (χ0v) is 10.5. The van der Waals surface area contributed by atoms with Gasteiger partial charge in [0.15, 0.2) is 5.17 Å². The van der Waals surface area contributed by atoms with Crippen LogP contribution in [0.1, 0.15) is 33.1 Å². The van der Waals surface area contributed by atoms with E-state index in [1.54, 1.807) is 0 Å². The topological polar surface area (TPSA) is 27.6 Å². The van der Waals surface area contributed by atoms with E-state index in [4.69, 9.17) is 0 Å². The Hall–Kier alpha value is -0.220. The molecule has 0 saturated carbocycles. The van der Waals surface area contributed by atoms with Gasteiger partial charge in [-0.25, -0.2) is 5.01 Å². The summed E-state index contributed by atoms with van der Waals surface area (Å²) >= 11 is 1.91. The van der Waals surface area contributed by atoms with Crippen molar-refractivity contribution in [2.45, 2.75) is 38.4 Å². The normalized spacial score (nSPS) is 28.2. The van der Waals surface area contributed by atoms with Crippen molar-refractivity contribution >= 4 is 16.9 Å². The average Bonchev–Trinajstić information content (AvgIpc) is 2.68. The molecule has 0 aromatic carbocycles. The number of piperidine rings is 1. The molecular weight excluding hydrogens is 206 g/mol. The van der Waals surface area contributed by atoms with Gasteiger partial charge in [0, 0.05) is 18.3 Å². The molecule has 1 saturated heterocycles. The molecule has 0 aliphatic carbocycles. The maximum atomic E-state index is 4.56. The predicted molar refractivity (Wildman–Crippen MR) is 67.1 cm³/mol. The van der Waals surface area contributed by atoms with Gasteiger partial charge < -0.3 is 0 Å². The van der Waals surface area contributed by atoms with Gasteiger partial charge in [-0.3, -0.25) is 10.4 Å². The first kappa shape index (κ1) is 11.3. The van der Waals surface area contributed by atoms with E-state index in [9.17, 15) is 0 Å². The summed E-state index contributed by atoms with van der Waals surface area (Å²) in [5.74, 6) is 0.722. The minimum Gasteiger partial charge on any atom is -0.298 e. The smallest absolute Gasteiger partial charge is 0.171 e. The Kier molecular flexibility index (Phi) is 3.92. The van der Waals surface area contributed by atoms with E-state index in [-0.39, 0.29) is 0 Å². The fourth-order valence-electron chi connectivity index (χ4n) is 1.94. The lowest BCUT2D eigenvalue weighted by molar-refractivity contribution is 0.196. The number of nitrogens with zero attached hydrogens (tertiary/aromatic N) is 2. The molecule has 2 heterocycles. The molecule has 0 amide bonds. The number of nitrogens with one attached hydrogen (secondary N) is 1. The number of hydrogen-bond donors (Lipinski definition) is 1. The van der Waals surface area contributed by atoms with Crippen LogP contribution in [0.15, 0.2) is 4.99 Å². The Morgan fingerprint density at radius 1 is 1.33 bits per heavy atom. The van der Waals surface area contributed by atoms with Crippen LogP contribution in [0, 0.1) is 5.92 Å². The molecule has 0 radical (unpaired) electrons. The van der Waals surface area contributed by atoms with Crippen LogP contribution in [-0.4, -0.2) is 35.1 Å². The van der Waals surface area contributed by atoms with Gasteiger partial charge in [0.05, 0.1) is 6.54 Å². The Balaban J connectivity index is 1.76. The molecule has 2 aliphatic rings. The third-order valence-electron chi connectivity index (χ3n) is 3.03. The van der Waals surface area contributed by atoms with Crippen LogP contribution >= 0.6 is 11.8 Å². The molecule has 0 aromatic heterocycles. The highest BCUT2D eigenvalue weighted by Crippen LogP contribution is 2.26. The highest BCUT2D eigenvalue weighted by molar-refractivity contribution is 8.14. The Morgan fingerprint density at radius 3 is 2.67 bits per heavy atom. The van der Waals surface area contributed by atoms with E-state index >= 15 is 0 Å². The molecule has 1 unspecified atom stereocenters. The molecule has 1 atom stereocenters. The van der Waals surface area contributed by atoms with Crippen molar-refractivity contribution in [3.63, 3.8) is 0 Å². The summed E-state index contributed by atoms with van der Waals surface area (Å²) in [6.45, 7) is 7.88. The summed E-state index contributed by atoms with van der Waals surface area (Å²) in [6.07, 6.45) is 4.02. The molecular formula is C11H21N3S. The minimum absolute atomic E-state index is 0.678. The number of thioether (sulfide) groups is 1. The van der Waals surface area contributed by atoms with Crippen LogP contribution in [0.2, 0.25) is 0 Å². The lowest BCUT2D eigenvalue weighted by Crippen LogP contribution is -2.43. The number of hydrazine groups is 1. The number of hydrogen-bond acceptors (Lipinski definition) is 4. The van der Waals surface area contributed by atoms with Crippen molar-refractivity contribution in [1.29, 1.82) is 0 Å². The number of rotatable bonds is 2. The second-order valence-corrected chi connectivity index (χ2v) is 5.93. The van der Waals surface area contributed by atoms with E-state index in [1.165, 1.54) is 32.4 Å². The van der Waals surface area contributed by atoms with Gasteiger partial charge in [0.1, 0.15) is 0 Å². The average molecular weight is 227 g/mol. The summed E-state index contributed by atoms with van der Waals surface area (Å²) in [6, 6.07) is 0. The standard InChI is InChI=1S/C11H21N3S/c1-9(2)10-8-12-11(15-10)13-14-6-4-3-5-7-14/h9-10H,3-8H2,1-2H3,(H,12,13). The van der Waals surface area contributed by atoms with Crippen LogP contribution in [0.4, 0.5) is 0 Å². The van der Waals surface area contributed by atoms with Crippen LogP contribution < -0.4 is 5.43 Å². The fourth-order valence-corrected chi connectivity index (χ4v) is 2.98. The lowest BCUT2D eigenvalue weighted by Gasteiger charge is -2.27. The Morgan fingerprint density at radius 2 is 2.07 bits per heavy atom. The first-order valence-electron chi connectivity index (χ1n) is 5.98. The van der Waals surface area contributed by atoms with Gasteiger partial charge in [-0.05, 0) is 18.8 Å². The first-order valence-corrected chi connectivity index (χ1v) is 6.86. The van der Waals surface area contributed by atoms with E-state index in [1.807, 2.05) is 11.8 Å². The predicted octanol–water partition coefficient (Wildman–Crippen LogP) is 2.10. The molecule has 1 N–H and O–H groups in total. The number of amidine groups is 1. The molecule has 0 bridgehead atoms. The van der Waals surface area contributed by atoms with E-state index in [0.717, 1.165) is 17.6 Å². The van der Waals surface area contributed by atoms with Crippen LogP contribution in [0.5, 0.6) is 0 Å². The van der Waals surface area contributed by atoms with Gasteiger partial charge in [-0.1, -0.05) is 32.0 Å². The molecule has 2 aliphatic heterocycles. The monoisotopic (exact) mass is 227 g/mol. The highest BCUT2D eigenvalue weighted by Gasteiger charge is 2.23. The molecule has 15 heavy (non-hydrogen) atoms. The third-order valence-corrected chi connectivity index (χ3v) is 4.47. The van der Waals surface area contributed by atoms with Gasteiger partial charge >= 0.3 is 0 Å². The molecule has 3 nitrogen and oxygen atoms in total. The maximum Gasteiger partial charge on any atom is 0.171 e. The third kappa shape index (κ3) is 3.11. The summed E-state index contributed by atoms with van der Waals surface area (Å²) < 4.78 is 0. The van der Waals surface area contributed by atoms with Crippen molar-refractivity contribution in [2.24, 2.45) is 10.9 Å². The molecule has 0 spiro atoms. The maximum absolute atomic E-state index is 4.56. The first-order chi connectivity index (χ1) is 7.25. The van der Waals surface area contributed by atoms with Crippen molar-refractivity contribution in [3.8, 4) is 0 Å². The second-order valence-electron chi connectivity index (χ2n) is 4.71. The zero-order chi connectivity index (χ0) is 10.7. The lowest BCUT2D eigenvalue weighted by atomic mass is 10.1. The molecule has 86 valence electrons. The van der Waals surface area contributed by atoms with E-state index < -0.39 is 0 Å². The summed E-state index contributed by atoms with van der Waals surface area (Å²) in [7, 11) is 0. The SMILES string of the molecule is CC(C)C1CN=C(NN2CCCCC2)S1. The van der Waals surface area contributed by atoms with E-state index in [0.29, 0.717) is 5.25 Å². The largest absolute Gasteiger partial charge is 0.298 e. The second kappa shape index (κ2) is 5.21. The van der Waals surface area contributed by atoms with Crippen molar-refractivity contribution in [1.82, 2.24) is 10.4 Å². The summed E-state index contributed by atoms with van der Waals surface area (Å²) in [5.41, 5.74) is 3.45. The van der Waals surface area contributed by atoms with Gasteiger partial charge in [0.25, 0.3) is 0 Å². The van der Waals surface area contributed by atoms with Gasteiger partial charge in [-0.15, -0.1) is 0 Å². The fraction of sp³-hybridized carbons (Fsp3) is 0.909. The van der Waals surface area contributed by atoms with Crippen LogP contribution in [0.25, 0.3) is 0 Å². The van der Waals surface area contributed by atoms with Crippen molar-refractivity contribution in [2.75, 3.05) is 19.6 Å². The molecule has 1 fully saturated rings. The minimum atomic E-state index is 0.678.